The Morgan fingerprint density at radius 2 is 1.67 bits per heavy atom. The van der Waals surface area contributed by atoms with Crippen molar-refractivity contribution in [3.05, 3.63) is 35.4 Å². The highest BCUT2D eigenvalue weighted by atomic mass is 16.5. The Bertz CT molecular complexity index is 590. The Balaban J connectivity index is 1.76. The number of carbonyl (C=O) groups is 2. The Kier molecular flexibility index (Phi) is 8.79. The molecule has 1 saturated heterocycles. The minimum absolute atomic E-state index is 0.0414. The molecule has 2 unspecified atom stereocenters. The molecule has 5 heteroatoms. The predicted molar refractivity (Wildman–Crippen MR) is 108 cm³/mol. The van der Waals surface area contributed by atoms with Crippen LogP contribution in [0, 0.1) is 0 Å². The Morgan fingerprint density at radius 1 is 1.04 bits per heavy atom. The molecule has 1 heterocycles. The van der Waals surface area contributed by atoms with E-state index in [2.05, 4.69) is 12.2 Å². The highest BCUT2D eigenvalue weighted by Gasteiger charge is 2.26. The van der Waals surface area contributed by atoms with E-state index in [0.29, 0.717) is 31.6 Å². The van der Waals surface area contributed by atoms with Gasteiger partial charge in [0.1, 0.15) is 0 Å². The topological polar surface area (TPSA) is 58.6 Å². The molecular formula is C22H34N2O3. The van der Waals surface area contributed by atoms with Crippen LogP contribution in [0.5, 0.6) is 0 Å². The van der Waals surface area contributed by atoms with Crippen LogP contribution in [0.25, 0.3) is 0 Å². The van der Waals surface area contributed by atoms with Gasteiger partial charge in [0, 0.05) is 31.6 Å². The van der Waals surface area contributed by atoms with Gasteiger partial charge >= 0.3 is 0 Å². The minimum Gasteiger partial charge on any atom is -0.372 e. The number of morpholine rings is 1. The number of nitrogens with one attached hydrogen (secondary N) is 1. The summed E-state index contributed by atoms with van der Waals surface area (Å²) >= 11 is 0. The molecule has 0 radical (unpaired) electrons. The number of benzene rings is 1. The molecule has 1 N–H and O–H groups in total. The van der Waals surface area contributed by atoms with Crippen molar-refractivity contribution in [1.82, 2.24) is 10.2 Å². The summed E-state index contributed by atoms with van der Waals surface area (Å²) in [6, 6.07) is 7.53. The lowest BCUT2D eigenvalue weighted by Gasteiger charge is -2.35. The quantitative estimate of drug-likeness (QED) is 0.667. The van der Waals surface area contributed by atoms with E-state index in [1.54, 1.807) is 0 Å². The van der Waals surface area contributed by atoms with Crippen LogP contribution in [-0.2, 0) is 16.1 Å². The molecule has 1 fully saturated rings. The summed E-state index contributed by atoms with van der Waals surface area (Å²) in [5.41, 5.74) is 1.69. The van der Waals surface area contributed by atoms with Crippen molar-refractivity contribution in [3.63, 3.8) is 0 Å². The molecule has 0 saturated carbocycles. The minimum atomic E-state index is 0.0414. The average Bonchev–Trinajstić information content (AvgIpc) is 2.65. The summed E-state index contributed by atoms with van der Waals surface area (Å²) < 4.78 is 5.69. The van der Waals surface area contributed by atoms with Crippen LogP contribution in [0.1, 0.15) is 75.2 Å². The fourth-order valence-corrected chi connectivity index (χ4v) is 3.47. The molecule has 2 rings (SSSR count). The van der Waals surface area contributed by atoms with Crippen LogP contribution in [0.15, 0.2) is 24.3 Å². The van der Waals surface area contributed by atoms with Gasteiger partial charge in [0.05, 0.1) is 12.2 Å². The SMILES string of the molecule is CCCCCCCC(=O)NCc1ccc(C(=O)N2CC(C)OC(C)C2)cc1. The van der Waals surface area contributed by atoms with Crippen molar-refractivity contribution in [2.24, 2.45) is 0 Å². The second kappa shape index (κ2) is 11.1. The number of rotatable bonds is 9. The molecule has 2 amide bonds. The zero-order chi connectivity index (χ0) is 19.6. The first kappa shape index (κ1) is 21.4. The van der Waals surface area contributed by atoms with Gasteiger partial charge in [-0.15, -0.1) is 0 Å². The zero-order valence-corrected chi connectivity index (χ0v) is 17.0. The summed E-state index contributed by atoms with van der Waals surface area (Å²) in [7, 11) is 0. The number of nitrogens with zero attached hydrogens (tertiary/aromatic N) is 1. The number of hydrogen-bond acceptors (Lipinski definition) is 3. The van der Waals surface area contributed by atoms with Gasteiger partial charge in [0.15, 0.2) is 0 Å². The first-order valence-corrected chi connectivity index (χ1v) is 10.3. The van der Waals surface area contributed by atoms with Crippen LogP contribution in [0.4, 0.5) is 0 Å². The molecular weight excluding hydrogens is 340 g/mol. The van der Waals surface area contributed by atoms with E-state index in [1.807, 2.05) is 43.0 Å². The highest BCUT2D eigenvalue weighted by molar-refractivity contribution is 5.94. The van der Waals surface area contributed by atoms with Crippen molar-refractivity contribution in [2.45, 2.75) is 78.0 Å². The normalized spacial score (nSPS) is 19.7. The van der Waals surface area contributed by atoms with E-state index in [9.17, 15) is 9.59 Å². The third kappa shape index (κ3) is 7.33. The Hall–Kier alpha value is -1.88. The molecule has 1 aromatic rings. The summed E-state index contributed by atoms with van der Waals surface area (Å²) in [4.78, 5) is 26.4. The van der Waals surface area contributed by atoms with Crippen LogP contribution < -0.4 is 5.32 Å². The summed E-state index contributed by atoms with van der Waals surface area (Å²) in [5.74, 6) is 0.141. The maximum Gasteiger partial charge on any atom is 0.254 e. The molecule has 1 aliphatic rings. The first-order chi connectivity index (χ1) is 13.0. The van der Waals surface area contributed by atoms with Crippen molar-refractivity contribution in [2.75, 3.05) is 13.1 Å². The van der Waals surface area contributed by atoms with Gasteiger partial charge in [-0.05, 0) is 38.0 Å². The van der Waals surface area contributed by atoms with Gasteiger partial charge in [0.25, 0.3) is 5.91 Å². The third-order valence-corrected chi connectivity index (χ3v) is 4.90. The second-order valence-corrected chi connectivity index (χ2v) is 7.61. The molecule has 0 bridgehead atoms. The highest BCUT2D eigenvalue weighted by Crippen LogP contribution is 2.15. The molecule has 1 aliphatic heterocycles. The lowest BCUT2D eigenvalue weighted by Crippen LogP contribution is -2.48. The van der Waals surface area contributed by atoms with Gasteiger partial charge in [-0.2, -0.15) is 0 Å². The van der Waals surface area contributed by atoms with Crippen LogP contribution in [0.3, 0.4) is 0 Å². The number of hydrogen-bond donors (Lipinski definition) is 1. The summed E-state index contributed by atoms with van der Waals surface area (Å²) in [6.45, 7) is 7.93. The Morgan fingerprint density at radius 3 is 2.30 bits per heavy atom. The first-order valence-electron chi connectivity index (χ1n) is 10.3. The third-order valence-electron chi connectivity index (χ3n) is 4.90. The second-order valence-electron chi connectivity index (χ2n) is 7.61. The number of amides is 2. The van der Waals surface area contributed by atoms with E-state index < -0.39 is 0 Å². The van der Waals surface area contributed by atoms with Gasteiger partial charge in [-0.25, -0.2) is 0 Å². The van der Waals surface area contributed by atoms with E-state index in [-0.39, 0.29) is 24.0 Å². The number of ether oxygens (including phenoxy) is 1. The van der Waals surface area contributed by atoms with Crippen molar-refractivity contribution >= 4 is 11.8 Å². The number of unbranched alkanes of at least 4 members (excludes halogenated alkanes) is 4. The Labute approximate surface area is 163 Å². The van der Waals surface area contributed by atoms with E-state index in [1.165, 1.54) is 19.3 Å². The fourth-order valence-electron chi connectivity index (χ4n) is 3.47. The van der Waals surface area contributed by atoms with Gasteiger partial charge in [-0.3, -0.25) is 9.59 Å². The smallest absolute Gasteiger partial charge is 0.254 e. The molecule has 1 aromatic carbocycles. The summed E-state index contributed by atoms with van der Waals surface area (Å²) in [6.07, 6.45) is 6.46. The molecule has 5 nitrogen and oxygen atoms in total. The van der Waals surface area contributed by atoms with Crippen molar-refractivity contribution in [1.29, 1.82) is 0 Å². The average molecular weight is 375 g/mol. The standard InChI is InChI=1S/C22H34N2O3/c1-4-5-6-7-8-9-21(25)23-14-19-10-12-20(13-11-19)22(26)24-15-17(2)27-18(3)16-24/h10-13,17-18H,4-9,14-16H2,1-3H3,(H,23,25). The lowest BCUT2D eigenvalue weighted by molar-refractivity contribution is -0.121. The fraction of sp³-hybridized carbons (Fsp3) is 0.636. The lowest BCUT2D eigenvalue weighted by atomic mass is 10.1. The van der Waals surface area contributed by atoms with E-state index >= 15 is 0 Å². The largest absolute Gasteiger partial charge is 0.372 e. The molecule has 150 valence electrons. The molecule has 0 aliphatic carbocycles. The molecule has 2 atom stereocenters. The molecule has 27 heavy (non-hydrogen) atoms. The van der Waals surface area contributed by atoms with Crippen LogP contribution in [-0.4, -0.2) is 42.0 Å². The monoisotopic (exact) mass is 374 g/mol. The van der Waals surface area contributed by atoms with E-state index in [0.717, 1.165) is 18.4 Å². The maximum absolute atomic E-state index is 12.7. The van der Waals surface area contributed by atoms with E-state index in [4.69, 9.17) is 4.74 Å². The summed E-state index contributed by atoms with van der Waals surface area (Å²) in [5, 5.41) is 2.96. The van der Waals surface area contributed by atoms with Gasteiger partial charge in [-0.1, -0.05) is 44.7 Å². The molecule has 0 spiro atoms. The molecule has 0 aromatic heterocycles. The zero-order valence-electron chi connectivity index (χ0n) is 17.0. The van der Waals surface area contributed by atoms with Crippen molar-refractivity contribution in [3.8, 4) is 0 Å². The van der Waals surface area contributed by atoms with Crippen molar-refractivity contribution < 1.29 is 14.3 Å². The van der Waals surface area contributed by atoms with Crippen LogP contribution in [0.2, 0.25) is 0 Å². The number of carbonyl (C=O) groups excluding carboxylic acids is 2. The maximum atomic E-state index is 12.7. The predicted octanol–water partition coefficient (Wildman–Crippen LogP) is 3.91. The van der Waals surface area contributed by atoms with Gasteiger partial charge in [0.2, 0.25) is 5.91 Å². The van der Waals surface area contributed by atoms with Gasteiger partial charge < -0.3 is 15.0 Å². The van der Waals surface area contributed by atoms with Crippen LogP contribution >= 0.6 is 0 Å².